The third-order valence-corrected chi connectivity index (χ3v) is 4.36. The Morgan fingerprint density at radius 3 is 2.84 bits per heavy atom. The summed E-state index contributed by atoms with van der Waals surface area (Å²) < 4.78 is 0. The Morgan fingerprint density at radius 1 is 1.21 bits per heavy atom. The van der Waals surface area contributed by atoms with Crippen molar-refractivity contribution in [1.82, 2.24) is 15.2 Å². The zero-order valence-corrected chi connectivity index (χ0v) is 11.8. The van der Waals surface area contributed by atoms with E-state index in [4.69, 9.17) is 0 Å². The van der Waals surface area contributed by atoms with Gasteiger partial charge in [0.15, 0.2) is 0 Å². The van der Waals surface area contributed by atoms with Crippen LogP contribution in [0.1, 0.15) is 30.9 Å². The molecule has 4 heteroatoms. The Balaban J connectivity index is 1.87. The number of nitrogens with one attached hydrogen (secondary N) is 1. The zero-order valence-electron chi connectivity index (χ0n) is 11.8. The summed E-state index contributed by atoms with van der Waals surface area (Å²) >= 11 is 0. The number of aromatic nitrogens is 1. The lowest BCUT2D eigenvalue weighted by atomic mass is 9.96. The first-order valence-corrected chi connectivity index (χ1v) is 7.47. The van der Waals surface area contributed by atoms with Crippen molar-refractivity contribution in [2.24, 2.45) is 0 Å². The van der Waals surface area contributed by atoms with Crippen LogP contribution in [0.15, 0.2) is 18.3 Å². The maximum Gasteiger partial charge on any atom is 0.133 e. The Labute approximate surface area is 115 Å². The molecule has 0 spiro atoms. The van der Waals surface area contributed by atoms with Crippen LogP contribution >= 0.6 is 0 Å². The van der Waals surface area contributed by atoms with Gasteiger partial charge >= 0.3 is 0 Å². The van der Waals surface area contributed by atoms with Crippen LogP contribution in [0, 0.1) is 0 Å². The Bertz CT molecular complexity index is 414. The fourth-order valence-corrected chi connectivity index (χ4v) is 3.28. The molecule has 2 saturated heterocycles. The van der Waals surface area contributed by atoms with Gasteiger partial charge in [0.1, 0.15) is 5.82 Å². The molecule has 1 aromatic rings. The van der Waals surface area contributed by atoms with Crippen molar-refractivity contribution in [3.05, 3.63) is 23.9 Å². The van der Waals surface area contributed by atoms with Gasteiger partial charge in [0.2, 0.25) is 0 Å². The molecule has 1 aromatic heterocycles. The highest BCUT2D eigenvalue weighted by molar-refractivity contribution is 5.49. The highest BCUT2D eigenvalue weighted by Gasteiger charge is 2.25. The highest BCUT2D eigenvalue weighted by Crippen LogP contribution is 2.34. The van der Waals surface area contributed by atoms with Gasteiger partial charge in [0.05, 0.1) is 0 Å². The van der Waals surface area contributed by atoms with Gasteiger partial charge in [-0.3, -0.25) is 4.90 Å². The number of hydrogen-bond acceptors (Lipinski definition) is 4. The predicted octanol–water partition coefficient (Wildman–Crippen LogP) is 1.65. The molecule has 0 aliphatic carbocycles. The molecule has 1 atom stereocenters. The maximum absolute atomic E-state index is 4.68. The first-order valence-electron chi connectivity index (χ1n) is 7.47. The summed E-state index contributed by atoms with van der Waals surface area (Å²) in [6.07, 6.45) is 5.87. The van der Waals surface area contributed by atoms with Crippen molar-refractivity contribution in [3.8, 4) is 0 Å². The topological polar surface area (TPSA) is 31.4 Å². The third-order valence-electron chi connectivity index (χ3n) is 4.36. The number of nitrogens with zero attached hydrogens (tertiary/aromatic N) is 3. The standard InChI is InChI=1S/C15H24N4/c1-18-10-3-2-6-14(18)13-5-4-7-17-15(13)19-11-8-16-9-12-19/h4-5,7,14,16H,2-3,6,8-12H2,1H3. The number of likely N-dealkylation sites (tertiary alicyclic amines) is 1. The number of hydrogen-bond donors (Lipinski definition) is 1. The van der Waals surface area contributed by atoms with Gasteiger partial charge in [-0.15, -0.1) is 0 Å². The van der Waals surface area contributed by atoms with Crippen LogP contribution in [0.25, 0.3) is 0 Å². The first kappa shape index (κ1) is 12.9. The third kappa shape index (κ3) is 2.74. The average molecular weight is 260 g/mol. The summed E-state index contributed by atoms with van der Waals surface area (Å²) in [5.74, 6) is 1.21. The molecule has 0 aromatic carbocycles. The van der Waals surface area contributed by atoms with Crippen LogP contribution in [0.4, 0.5) is 5.82 Å². The van der Waals surface area contributed by atoms with Crippen LogP contribution in [0.2, 0.25) is 0 Å². The van der Waals surface area contributed by atoms with E-state index in [0.29, 0.717) is 6.04 Å². The van der Waals surface area contributed by atoms with Crippen molar-refractivity contribution >= 4 is 5.82 Å². The lowest BCUT2D eigenvalue weighted by molar-refractivity contribution is 0.187. The molecule has 2 aliphatic heterocycles. The molecule has 19 heavy (non-hydrogen) atoms. The van der Waals surface area contributed by atoms with E-state index in [-0.39, 0.29) is 0 Å². The van der Waals surface area contributed by atoms with E-state index >= 15 is 0 Å². The van der Waals surface area contributed by atoms with Crippen LogP contribution in [0.5, 0.6) is 0 Å². The van der Waals surface area contributed by atoms with E-state index in [2.05, 4.69) is 39.3 Å². The van der Waals surface area contributed by atoms with E-state index in [0.717, 1.165) is 26.2 Å². The van der Waals surface area contributed by atoms with Crippen LogP contribution in [-0.2, 0) is 0 Å². The van der Waals surface area contributed by atoms with Gasteiger partial charge in [-0.25, -0.2) is 4.98 Å². The number of anilines is 1. The fraction of sp³-hybridized carbons (Fsp3) is 0.667. The lowest BCUT2D eigenvalue weighted by Gasteiger charge is -2.36. The first-order chi connectivity index (χ1) is 9.36. The van der Waals surface area contributed by atoms with E-state index in [1.165, 1.54) is 37.2 Å². The predicted molar refractivity (Wildman–Crippen MR) is 78.5 cm³/mol. The quantitative estimate of drug-likeness (QED) is 0.876. The number of pyridine rings is 1. The SMILES string of the molecule is CN1CCCCC1c1cccnc1N1CCNCC1. The van der Waals surface area contributed by atoms with Crippen molar-refractivity contribution in [2.75, 3.05) is 44.7 Å². The molecule has 4 nitrogen and oxygen atoms in total. The molecular weight excluding hydrogens is 236 g/mol. The molecule has 3 rings (SSSR count). The number of rotatable bonds is 2. The largest absolute Gasteiger partial charge is 0.354 e. The molecule has 0 bridgehead atoms. The summed E-state index contributed by atoms with van der Waals surface area (Å²) in [5.41, 5.74) is 1.42. The highest BCUT2D eigenvalue weighted by atomic mass is 15.2. The molecule has 2 fully saturated rings. The van der Waals surface area contributed by atoms with E-state index in [1.807, 2.05) is 6.20 Å². The number of piperazine rings is 1. The summed E-state index contributed by atoms with van der Waals surface area (Å²) in [6.45, 7) is 5.48. The molecule has 3 heterocycles. The van der Waals surface area contributed by atoms with E-state index in [9.17, 15) is 0 Å². The Kier molecular flexibility index (Phi) is 3.99. The van der Waals surface area contributed by atoms with Crippen LogP contribution in [0.3, 0.4) is 0 Å². The van der Waals surface area contributed by atoms with Crippen LogP contribution < -0.4 is 10.2 Å². The summed E-state index contributed by atoms with van der Waals surface area (Å²) in [5, 5.41) is 3.41. The molecule has 2 aliphatic rings. The molecule has 104 valence electrons. The van der Waals surface area contributed by atoms with Gasteiger partial charge < -0.3 is 10.2 Å². The van der Waals surface area contributed by atoms with E-state index in [1.54, 1.807) is 0 Å². The smallest absolute Gasteiger partial charge is 0.133 e. The van der Waals surface area contributed by atoms with Gasteiger partial charge in [-0.1, -0.05) is 12.5 Å². The summed E-state index contributed by atoms with van der Waals surface area (Å²) in [6, 6.07) is 4.91. The van der Waals surface area contributed by atoms with Crippen LogP contribution in [-0.4, -0.2) is 49.7 Å². The molecule has 1 unspecified atom stereocenters. The Morgan fingerprint density at radius 2 is 2.05 bits per heavy atom. The summed E-state index contributed by atoms with van der Waals surface area (Å²) in [4.78, 5) is 9.61. The van der Waals surface area contributed by atoms with Crippen molar-refractivity contribution < 1.29 is 0 Å². The average Bonchev–Trinajstić information content (AvgIpc) is 2.49. The lowest BCUT2D eigenvalue weighted by Crippen LogP contribution is -2.44. The van der Waals surface area contributed by atoms with Crippen molar-refractivity contribution in [3.63, 3.8) is 0 Å². The minimum absolute atomic E-state index is 0.548. The normalized spacial score (nSPS) is 25.5. The second-order valence-electron chi connectivity index (χ2n) is 5.65. The fourth-order valence-electron chi connectivity index (χ4n) is 3.28. The molecule has 1 N–H and O–H groups in total. The van der Waals surface area contributed by atoms with Crippen molar-refractivity contribution in [2.45, 2.75) is 25.3 Å². The Hall–Kier alpha value is -1.13. The van der Waals surface area contributed by atoms with E-state index < -0.39 is 0 Å². The van der Waals surface area contributed by atoms with Gasteiger partial charge in [-0.05, 0) is 32.5 Å². The monoisotopic (exact) mass is 260 g/mol. The van der Waals surface area contributed by atoms with Gasteiger partial charge in [0.25, 0.3) is 0 Å². The van der Waals surface area contributed by atoms with Gasteiger partial charge in [-0.2, -0.15) is 0 Å². The summed E-state index contributed by atoms with van der Waals surface area (Å²) in [7, 11) is 2.25. The maximum atomic E-state index is 4.68. The molecular formula is C15H24N4. The minimum atomic E-state index is 0.548. The van der Waals surface area contributed by atoms with Gasteiger partial charge in [0, 0.05) is 44.0 Å². The molecule has 0 saturated carbocycles. The minimum Gasteiger partial charge on any atom is -0.354 e. The molecule has 0 radical (unpaired) electrons. The number of piperidine rings is 1. The van der Waals surface area contributed by atoms with Crippen molar-refractivity contribution in [1.29, 1.82) is 0 Å². The zero-order chi connectivity index (χ0) is 13.1. The molecule has 0 amide bonds. The second kappa shape index (κ2) is 5.88. The second-order valence-corrected chi connectivity index (χ2v) is 5.65.